The molecule has 0 bridgehead atoms. The van der Waals surface area contributed by atoms with Crippen LogP contribution in [0.5, 0.6) is 0 Å². The van der Waals surface area contributed by atoms with E-state index >= 15 is 0 Å². The van der Waals surface area contributed by atoms with Crippen LogP contribution in [0.25, 0.3) is 0 Å². The van der Waals surface area contributed by atoms with Gasteiger partial charge in [-0.25, -0.2) is 4.39 Å². The lowest BCUT2D eigenvalue weighted by atomic mass is 9.96. The number of carbonyl (C=O) groups excluding carboxylic acids is 1. The van der Waals surface area contributed by atoms with Crippen LogP contribution in [0, 0.1) is 5.82 Å². The van der Waals surface area contributed by atoms with E-state index in [1.54, 1.807) is 23.9 Å². The topological polar surface area (TPSA) is 23.6 Å². The summed E-state index contributed by atoms with van der Waals surface area (Å²) in [5.41, 5.74) is 3.19. The molecule has 0 amide bonds. The number of halogens is 3. The summed E-state index contributed by atoms with van der Waals surface area (Å²) < 4.78 is 13.1. The fourth-order valence-corrected chi connectivity index (χ4v) is 6.54. The highest BCUT2D eigenvalue weighted by molar-refractivity contribution is 7.99. The predicted molar refractivity (Wildman–Crippen MR) is 141 cm³/mol. The normalized spacial score (nSPS) is 18.5. The molecule has 0 saturated carbocycles. The Kier molecular flexibility index (Phi) is 7.80. The molecular weight excluding hydrogens is 502 g/mol. The second kappa shape index (κ2) is 11.0. The van der Waals surface area contributed by atoms with Gasteiger partial charge >= 0.3 is 0 Å². The molecular formula is C28H27Cl2FN2OS. The molecule has 2 aliphatic heterocycles. The van der Waals surface area contributed by atoms with Crippen LogP contribution in [-0.4, -0.2) is 48.3 Å². The molecule has 0 N–H and O–H groups in total. The first-order valence-electron chi connectivity index (χ1n) is 12.0. The Bertz CT molecular complexity index is 1210. The van der Waals surface area contributed by atoms with Crippen molar-refractivity contribution in [1.29, 1.82) is 0 Å². The van der Waals surface area contributed by atoms with E-state index in [1.165, 1.54) is 33.1 Å². The summed E-state index contributed by atoms with van der Waals surface area (Å²) in [6.07, 6.45) is 2.22. The van der Waals surface area contributed by atoms with Gasteiger partial charge in [0.2, 0.25) is 0 Å². The first-order valence-corrected chi connectivity index (χ1v) is 13.5. The molecule has 1 fully saturated rings. The van der Waals surface area contributed by atoms with E-state index in [-0.39, 0.29) is 17.6 Å². The van der Waals surface area contributed by atoms with Gasteiger partial charge in [0.15, 0.2) is 5.78 Å². The van der Waals surface area contributed by atoms with E-state index in [0.717, 1.165) is 55.6 Å². The van der Waals surface area contributed by atoms with Crippen LogP contribution in [0.15, 0.2) is 70.5 Å². The summed E-state index contributed by atoms with van der Waals surface area (Å²) in [6, 6.07) is 18.5. The zero-order valence-electron chi connectivity index (χ0n) is 19.4. The summed E-state index contributed by atoms with van der Waals surface area (Å²) in [5, 5.41) is 1.53. The molecule has 1 saturated heterocycles. The fraction of sp³-hybridized carbons (Fsp3) is 0.321. The second-order valence-electron chi connectivity index (χ2n) is 9.17. The van der Waals surface area contributed by atoms with E-state index in [1.807, 2.05) is 12.1 Å². The van der Waals surface area contributed by atoms with Gasteiger partial charge in [-0.1, -0.05) is 41.0 Å². The molecule has 2 heterocycles. The van der Waals surface area contributed by atoms with Gasteiger partial charge in [0.05, 0.1) is 0 Å². The van der Waals surface area contributed by atoms with Gasteiger partial charge in [-0.05, 0) is 85.1 Å². The number of benzene rings is 3. The maximum atomic E-state index is 13.1. The van der Waals surface area contributed by atoms with Gasteiger partial charge in [-0.3, -0.25) is 9.69 Å². The van der Waals surface area contributed by atoms with Crippen LogP contribution in [-0.2, 0) is 6.42 Å². The third-order valence-electron chi connectivity index (χ3n) is 6.89. The zero-order valence-corrected chi connectivity index (χ0v) is 21.7. The van der Waals surface area contributed by atoms with Crippen LogP contribution in [0.4, 0.5) is 4.39 Å². The van der Waals surface area contributed by atoms with Gasteiger partial charge in [-0.15, -0.1) is 0 Å². The van der Waals surface area contributed by atoms with Crippen molar-refractivity contribution in [3.05, 3.63) is 93.2 Å². The second-order valence-corrected chi connectivity index (χ2v) is 11.1. The molecule has 182 valence electrons. The number of carbonyl (C=O) groups is 1. The minimum Gasteiger partial charge on any atom is -0.301 e. The SMILES string of the molecule is O=C(CCCN1CCN([C@H]2Cc3ccc(Cl)cc3Sc3ccc(Cl)cc32)CC1)c1ccc(F)cc1. The lowest BCUT2D eigenvalue weighted by molar-refractivity contribution is 0.0888. The van der Waals surface area contributed by atoms with Crippen molar-refractivity contribution in [1.82, 2.24) is 9.80 Å². The largest absolute Gasteiger partial charge is 0.301 e. The van der Waals surface area contributed by atoms with Gasteiger partial charge in [0.25, 0.3) is 0 Å². The van der Waals surface area contributed by atoms with E-state index in [0.29, 0.717) is 12.0 Å². The van der Waals surface area contributed by atoms with Crippen LogP contribution < -0.4 is 0 Å². The quantitative estimate of drug-likeness (QED) is 0.316. The predicted octanol–water partition coefficient (Wildman–Crippen LogP) is 7.16. The minimum atomic E-state index is -0.316. The van der Waals surface area contributed by atoms with Crippen LogP contribution >= 0.6 is 35.0 Å². The number of ketones is 1. The number of hydrogen-bond donors (Lipinski definition) is 0. The van der Waals surface area contributed by atoms with Crippen molar-refractivity contribution in [2.75, 3.05) is 32.7 Å². The van der Waals surface area contributed by atoms with E-state index < -0.39 is 0 Å². The third kappa shape index (κ3) is 5.92. The van der Waals surface area contributed by atoms with Crippen molar-refractivity contribution < 1.29 is 9.18 Å². The highest BCUT2D eigenvalue weighted by atomic mass is 35.5. The maximum Gasteiger partial charge on any atom is 0.162 e. The summed E-state index contributed by atoms with van der Waals surface area (Å²) >= 11 is 14.5. The molecule has 1 atom stereocenters. The average molecular weight is 530 g/mol. The van der Waals surface area contributed by atoms with Crippen molar-refractivity contribution in [3.8, 4) is 0 Å². The van der Waals surface area contributed by atoms with Gasteiger partial charge < -0.3 is 4.90 Å². The van der Waals surface area contributed by atoms with Gasteiger partial charge in [0.1, 0.15) is 5.82 Å². The molecule has 5 rings (SSSR count). The van der Waals surface area contributed by atoms with Crippen molar-refractivity contribution in [2.45, 2.75) is 35.1 Å². The fourth-order valence-electron chi connectivity index (χ4n) is 4.97. The molecule has 3 nitrogen and oxygen atoms in total. The average Bonchev–Trinajstić information content (AvgIpc) is 3.01. The maximum absolute atomic E-state index is 13.1. The number of nitrogens with zero attached hydrogens (tertiary/aromatic N) is 2. The van der Waals surface area contributed by atoms with Gasteiger partial charge in [0, 0.05) is 64.0 Å². The van der Waals surface area contributed by atoms with E-state index in [4.69, 9.17) is 23.2 Å². The summed E-state index contributed by atoms with van der Waals surface area (Å²) in [4.78, 5) is 19.8. The standard InChI is InChI=1S/C28H27Cl2FN2OS/c29-21-7-10-27-24(17-21)25(16-20-3-6-22(30)18-28(20)35-27)33-14-12-32(13-15-33)11-1-2-26(34)19-4-8-23(31)9-5-19/h3-10,17-18,25H,1-2,11-16H2/t25-/m0/s1. The minimum absolute atomic E-state index is 0.0758. The van der Waals surface area contributed by atoms with Gasteiger partial charge in [-0.2, -0.15) is 0 Å². The number of hydrogen-bond acceptors (Lipinski definition) is 4. The molecule has 0 unspecified atom stereocenters. The van der Waals surface area contributed by atoms with Crippen LogP contribution in [0.1, 0.15) is 40.4 Å². The van der Waals surface area contributed by atoms with E-state index in [2.05, 4.69) is 34.1 Å². The lowest BCUT2D eigenvalue weighted by Crippen LogP contribution is -2.48. The number of rotatable bonds is 6. The molecule has 0 aliphatic carbocycles. The molecule has 0 spiro atoms. The third-order valence-corrected chi connectivity index (χ3v) is 8.55. The first kappa shape index (κ1) is 24.8. The van der Waals surface area contributed by atoms with Crippen molar-refractivity contribution in [2.24, 2.45) is 0 Å². The molecule has 35 heavy (non-hydrogen) atoms. The number of Topliss-reactive ketones (excluding diaryl/α,β-unsaturated/α-hetero) is 1. The summed E-state index contributed by atoms with van der Waals surface area (Å²) in [5.74, 6) is -0.240. The highest BCUT2D eigenvalue weighted by Gasteiger charge is 2.30. The Morgan fingerprint density at radius 1 is 0.914 bits per heavy atom. The Morgan fingerprint density at radius 3 is 2.40 bits per heavy atom. The van der Waals surface area contributed by atoms with Crippen molar-refractivity contribution in [3.63, 3.8) is 0 Å². The Labute approximate surface area is 220 Å². The first-order chi connectivity index (χ1) is 17.0. The number of fused-ring (bicyclic) bond motifs is 2. The highest BCUT2D eigenvalue weighted by Crippen LogP contribution is 2.44. The molecule has 0 aromatic heterocycles. The summed E-state index contributed by atoms with van der Waals surface area (Å²) in [7, 11) is 0. The van der Waals surface area contributed by atoms with Crippen LogP contribution in [0.3, 0.4) is 0 Å². The molecule has 0 radical (unpaired) electrons. The number of piperazine rings is 1. The molecule has 2 aliphatic rings. The Hall–Kier alpha value is -1.89. The van der Waals surface area contributed by atoms with E-state index in [9.17, 15) is 9.18 Å². The zero-order chi connectivity index (χ0) is 24.4. The Morgan fingerprint density at radius 2 is 1.63 bits per heavy atom. The molecule has 7 heteroatoms. The Balaban J connectivity index is 1.21. The van der Waals surface area contributed by atoms with Crippen molar-refractivity contribution >= 4 is 40.7 Å². The molecule has 3 aromatic carbocycles. The molecule has 3 aromatic rings. The monoisotopic (exact) mass is 528 g/mol. The lowest BCUT2D eigenvalue weighted by Gasteiger charge is -2.39. The summed E-state index contributed by atoms with van der Waals surface area (Å²) in [6.45, 7) is 4.77. The smallest absolute Gasteiger partial charge is 0.162 e. The van der Waals surface area contributed by atoms with Crippen LogP contribution in [0.2, 0.25) is 10.0 Å².